The van der Waals surface area contributed by atoms with Gasteiger partial charge in [-0.05, 0) is 25.2 Å². The largest absolute Gasteiger partial charge is 0.119 e. The third kappa shape index (κ3) is 16.1. The quantitative estimate of drug-likeness (QED) is 0.122. The van der Waals surface area contributed by atoms with Crippen molar-refractivity contribution >= 4 is 11.6 Å². The van der Waals surface area contributed by atoms with Crippen molar-refractivity contribution in [2.75, 3.05) is 0 Å². The highest BCUT2D eigenvalue weighted by atomic mass is 35.5. The highest BCUT2D eigenvalue weighted by Gasteiger charge is 2.32. The summed E-state index contributed by atoms with van der Waals surface area (Å²) in [6, 6.07) is 0. The second-order valence-electron chi connectivity index (χ2n) is 9.53. The molecule has 0 saturated carbocycles. The van der Waals surface area contributed by atoms with E-state index in [0.717, 1.165) is 0 Å². The van der Waals surface area contributed by atoms with Crippen LogP contribution in [0.25, 0.3) is 0 Å². The van der Waals surface area contributed by atoms with Crippen LogP contribution in [0.5, 0.6) is 0 Å². The van der Waals surface area contributed by atoms with Crippen LogP contribution in [0.15, 0.2) is 0 Å². The summed E-state index contributed by atoms with van der Waals surface area (Å²) >= 11 is 7.33. The van der Waals surface area contributed by atoms with Crippen LogP contribution in [0, 0.1) is 5.92 Å². The summed E-state index contributed by atoms with van der Waals surface area (Å²) in [7, 11) is 0. The Kier molecular flexibility index (Phi) is 20.8. The van der Waals surface area contributed by atoms with E-state index in [-0.39, 0.29) is 4.87 Å². The Morgan fingerprint density at radius 2 is 0.821 bits per heavy atom. The molecule has 0 saturated heterocycles. The minimum absolute atomic E-state index is 0.0684. The predicted octanol–water partition coefficient (Wildman–Crippen LogP) is 10.9. The summed E-state index contributed by atoms with van der Waals surface area (Å²) < 4.78 is 0. The van der Waals surface area contributed by atoms with E-state index in [4.69, 9.17) is 11.6 Å². The Bertz CT molecular complexity index is 283. The van der Waals surface area contributed by atoms with Gasteiger partial charge in [0.05, 0.1) is 0 Å². The lowest BCUT2D eigenvalue weighted by atomic mass is 9.81. The first kappa shape index (κ1) is 28.3. The van der Waals surface area contributed by atoms with Crippen LogP contribution >= 0.6 is 11.6 Å². The highest BCUT2D eigenvalue weighted by Crippen LogP contribution is 2.39. The minimum Gasteiger partial charge on any atom is -0.119 e. The number of hydrogen-bond donors (Lipinski definition) is 0. The lowest BCUT2D eigenvalue weighted by molar-refractivity contribution is 0.304. The SMILES string of the molecule is CCCCCCCCC(C)C(Cl)(CCCCCCCC)CCCCCCCC. The molecule has 28 heavy (non-hydrogen) atoms. The molecule has 0 spiro atoms. The third-order valence-corrected chi connectivity index (χ3v) is 7.52. The van der Waals surface area contributed by atoms with Gasteiger partial charge in [-0.25, -0.2) is 0 Å². The molecule has 1 atom stereocenters. The van der Waals surface area contributed by atoms with E-state index in [1.807, 2.05) is 0 Å². The van der Waals surface area contributed by atoms with Gasteiger partial charge in [-0.2, -0.15) is 0 Å². The van der Waals surface area contributed by atoms with Crippen molar-refractivity contribution in [2.45, 2.75) is 167 Å². The van der Waals surface area contributed by atoms with Crippen LogP contribution in [-0.4, -0.2) is 4.87 Å². The predicted molar refractivity (Wildman–Crippen MR) is 132 cm³/mol. The maximum absolute atomic E-state index is 7.33. The summed E-state index contributed by atoms with van der Waals surface area (Å²) in [5.41, 5.74) is 0. The fourth-order valence-electron chi connectivity index (χ4n) is 4.51. The zero-order chi connectivity index (χ0) is 20.9. The van der Waals surface area contributed by atoms with E-state index in [1.165, 1.54) is 135 Å². The molecule has 0 N–H and O–H groups in total. The monoisotopic (exact) mass is 414 g/mol. The van der Waals surface area contributed by atoms with Gasteiger partial charge in [0.15, 0.2) is 0 Å². The summed E-state index contributed by atoms with van der Waals surface area (Å²) in [4.78, 5) is 0.0684. The van der Waals surface area contributed by atoms with Gasteiger partial charge in [0.25, 0.3) is 0 Å². The Hall–Kier alpha value is 0.290. The summed E-state index contributed by atoms with van der Waals surface area (Å²) in [6.07, 6.45) is 28.8. The zero-order valence-electron chi connectivity index (χ0n) is 20.3. The first-order valence-corrected chi connectivity index (χ1v) is 13.7. The van der Waals surface area contributed by atoms with Gasteiger partial charge < -0.3 is 0 Å². The first-order valence-electron chi connectivity index (χ1n) is 13.3. The number of hydrogen-bond acceptors (Lipinski definition) is 0. The normalized spacial score (nSPS) is 13.2. The van der Waals surface area contributed by atoms with Crippen molar-refractivity contribution in [3.05, 3.63) is 0 Å². The Morgan fingerprint density at radius 1 is 0.500 bits per heavy atom. The molecule has 0 aliphatic carbocycles. The van der Waals surface area contributed by atoms with Crippen LogP contribution in [0.3, 0.4) is 0 Å². The second kappa shape index (κ2) is 20.6. The van der Waals surface area contributed by atoms with Gasteiger partial charge in [-0.15, -0.1) is 11.6 Å². The van der Waals surface area contributed by atoms with Crippen molar-refractivity contribution in [3.8, 4) is 0 Å². The number of rotatable bonds is 22. The van der Waals surface area contributed by atoms with Gasteiger partial charge in [0.2, 0.25) is 0 Å². The number of halogens is 1. The molecule has 170 valence electrons. The maximum Gasteiger partial charge on any atom is 0.0472 e. The standard InChI is InChI=1S/C27H55Cl/c1-5-8-11-14-17-20-23-26(4)27(28,24-21-18-15-12-9-6-2)25-22-19-16-13-10-7-3/h26H,5-25H2,1-4H3. The van der Waals surface area contributed by atoms with E-state index in [2.05, 4.69) is 27.7 Å². The molecule has 0 fully saturated rings. The fraction of sp³-hybridized carbons (Fsp3) is 1.00. The van der Waals surface area contributed by atoms with Crippen molar-refractivity contribution in [1.82, 2.24) is 0 Å². The lowest BCUT2D eigenvalue weighted by Crippen LogP contribution is -2.30. The van der Waals surface area contributed by atoms with Gasteiger partial charge in [-0.3, -0.25) is 0 Å². The minimum atomic E-state index is 0.0684. The van der Waals surface area contributed by atoms with Gasteiger partial charge in [0.1, 0.15) is 0 Å². The number of unbranched alkanes of at least 4 members (excludes halogenated alkanes) is 15. The van der Waals surface area contributed by atoms with Crippen LogP contribution in [-0.2, 0) is 0 Å². The molecular weight excluding hydrogens is 360 g/mol. The maximum atomic E-state index is 7.33. The molecule has 0 nitrogen and oxygen atoms in total. The van der Waals surface area contributed by atoms with Gasteiger partial charge in [0, 0.05) is 4.87 Å². The molecule has 1 unspecified atom stereocenters. The summed E-state index contributed by atoms with van der Waals surface area (Å²) in [5, 5.41) is 0. The van der Waals surface area contributed by atoms with E-state index in [1.54, 1.807) is 0 Å². The van der Waals surface area contributed by atoms with Crippen molar-refractivity contribution in [2.24, 2.45) is 5.92 Å². The topological polar surface area (TPSA) is 0 Å². The van der Waals surface area contributed by atoms with Crippen LogP contribution < -0.4 is 0 Å². The molecule has 0 rings (SSSR count). The van der Waals surface area contributed by atoms with Crippen molar-refractivity contribution in [1.29, 1.82) is 0 Å². The average Bonchev–Trinajstić information content (AvgIpc) is 2.69. The average molecular weight is 415 g/mol. The second-order valence-corrected chi connectivity index (χ2v) is 10.3. The van der Waals surface area contributed by atoms with E-state index in [9.17, 15) is 0 Å². The molecule has 0 aliphatic rings. The van der Waals surface area contributed by atoms with E-state index < -0.39 is 0 Å². The fourth-order valence-corrected chi connectivity index (χ4v) is 4.88. The molecule has 0 radical (unpaired) electrons. The molecule has 0 bridgehead atoms. The molecular formula is C27H55Cl. The van der Waals surface area contributed by atoms with Crippen molar-refractivity contribution in [3.63, 3.8) is 0 Å². The molecule has 0 aromatic rings. The molecule has 1 heteroatoms. The Morgan fingerprint density at radius 3 is 1.21 bits per heavy atom. The van der Waals surface area contributed by atoms with E-state index >= 15 is 0 Å². The molecule has 0 aliphatic heterocycles. The summed E-state index contributed by atoms with van der Waals surface area (Å²) in [6.45, 7) is 9.35. The molecule has 0 heterocycles. The van der Waals surface area contributed by atoms with Crippen LogP contribution in [0.1, 0.15) is 163 Å². The molecule has 0 amide bonds. The highest BCUT2D eigenvalue weighted by molar-refractivity contribution is 6.24. The zero-order valence-corrected chi connectivity index (χ0v) is 21.1. The smallest absolute Gasteiger partial charge is 0.0472 e. The van der Waals surface area contributed by atoms with E-state index in [0.29, 0.717) is 5.92 Å². The first-order chi connectivity index (χ1) is 13.6. The van der Waals surface area contributed by atoms with Gasteiger partial charge in [-0.1, -0.05) is 143 Å². The van der Waals surface area contributed by atoms with Gasteiger partial charge >= 0.3 is 0 Å². The van der Waals surface area contributed by atoms with Crippen LogP contribution in [0.4, 0.5) is 0 Å². The van der Waals surface area contributed by atoms with Crippen LogP contribution in [0.2, 0.25) is 0 Å². The molecule has 0 aromatic heterocycles. The summed E-state index contributed by atoms with van der Waals surface area (Å²) in [5.74, 6) is 0.673. The van der Waals surface area contributed by atoms with Crippen molar-refractivity contribution < 1.29 is 0 Å². The Labute approximate surface area is 185 Å². The molecule has 0 aromatic carbocycles. The lowest BCUT2D eigenvalue weighted by Gasteiger charge is -2.34. The Balaban J connectivity index is 4.26. The third-order valence-electron chi connectivity index (χ3n) is 6.77. The number of alkyl halides is 1.